The van der Waals surface area contributed by atoms with Gasteiger partial charge >= 0.3 is 0 Å². The van der Waals surface area contributed by atoms with Gasteiger partial charge in [-0.3, -0.25) is 4.79 Å². The van der Waals surface area contributed by atoms with Crippen LogP contribution in [0.1, 0.15) is 17.5 Å². The van der Waals surface area contributed by atoms with Gasteiger partial charge in [-0.25, -0.2) is 5.43 Å². The smallest absolute Gasteiger partial charge is 0.241 e. The van der Waals surface area contributed by atoms with Gasteiger partial charge in [-0.05, 0) is 42.8 Å². The number of hydrazone groups is 1. The summed E-state index contributed by atoms with van der Waals surface area (Å²) in [6.45, 7) is 1.29. The minimum absolute atomic E-state index is 0. The van der Waals surface area contributed by atoms with Crippen molar-refractivity contribution in [1.29, 1.82) is 0 Å². The number of para-hydroxylation sites is 1. The van der Waals surface area contributed by atoms with E-state index in [1.165, 1.54) is 6.21 Å². The van der Waals surface area contributed by atoms with Gasteiger partial charge in [0.15, 0.2) is 11.5 Å². The molecule has 0 aliphatic rings. The fourth-order valence-electron chi connectivity index (χ4n) is 2.42. The van der Waals surface area contributed by atoms with Gasteiger partial charge in [0.05, 0.1) is 20.4 Å². The lowest BCUT2D eigenvalue weighted by atomic mass is 10.1. The second kappa shape index (κ2) is 12.6. The van der Waals surface area contributed by atoms with Crippen molar-refractivity contribution in [3.8, 4) is 17.2 Å². The largest absolute Gasteiger partial charge is 0.507 e. The summed E-state index contributed by atoms with van der Waals surface area (Å²) in [5.74, 6) is 1.33. The van der Waals surface area contributed by atoms with Crippen LogP contribution in [0.15, 0.2) is 47.6 Å². The summed E-state index contributed by atoms with van der Waals surface area (Å²) in [5.41, 5.74) is 4.11. The molecular weight excluding hydrogens is 382 g/mol. The van der Waals surface area contributed by atoms with E-state index in [-0.39, 0.29) is 24.1 Å². The molecule has 0 saturated carbocycles. The summed E-state index contributed by atoms with van der Waals surface area (Å²) in [6, 6.07) is 12.6. The Balaban J connectivity index is 0.00000392. The van der Waals surface area contributed by atoms with Crippen LogP contribution in [0.3, 0.4) is 0 Å². The molecule has 3 N–H and O–H groups in total. The molecule has 0 aliphatic carbocycles. The highest BCUT2D eigenvalue weighted by molar-refractivity contribution is 5.85. The number of hydrogen-bond donors (Lipinski definition) is 3. The average molecular weight is 408 g/mol. The maximum atomic E-state index is 11.7. The summed E-state index contributed by atoms with van der Waals surface area (Å²) in [7, 11) is 3.22. The molecule has 0 aromatic heterocycles. The summed E-state index contributed by atoms with van der Waals surface area (Å²) in [5, 5.41) is 16.7. The van der Waals surface area contributed by atoms with Crippen molar-refractivity contribution in [1.82, 2.24) is 10.7 Å². The van der Waals surface area contributed by atoms with E-state index in [9.17, 15) is 9.90 Å². The number of ether oxygens (including phenoxy) is 2. The number of nitrogens with one attached hydrogen (secondary N) is 2. The number of rotatable bonds is 10. The third-order valence-corrected chi connectivity index (χ3v) is 3.90. The first-order valence-corrected chi connectivity index (χ1v) is 8.65. The lowest BCUT2D eigenvalue weighted by Gasteiger charge is -2.10. The summed E-state index contributed by atoms with van der Waals surface area (Å²) < 4.78 is 10.5. The molecule has 0 spiro atoms. The Morgan fingerprint density at radius 2 is 1.86 bits per heavy atom. The fraction of sp³-hybridized carbons (Fsp3) is 0.300. The van der Waals surface area contributed by atoms with Crippen molar-refractivity contribution < 1.29 is 19.4 Å². The third kappa shape index (κ3) is 7.46. The molecule has 2 rings (SSSR count). The van der Waals surface area contributed by atoms with E-state index in [4.69, 9.17) is 9.47 Å². The minimum atomic E-state index is -0.194. The second-order valence-electron chi connectivity index (χ2n) is 5.79. The van der Waals surface area contributed by atoms with Gasteiger partial charge < -0.3 is 19.9 Å². The van der Waals surface area contributed by atoms with Crippen molar-refractivity contribution in [2.24, 2.45) is 5.10 Å². The number of halogens is 1. The van der Waals surface area contributed by atoms with E-state index < -0.39 is 0 Å². The quantitative estimate of drug-likeness (QED) is 0.320. The predicted molar refractivity (Wildman–Crippen MR) is 112 cm³/mol. The van der Waals surface area contributed by atoms with Crippen LogP contribution in [0.2, 0.25) is 0 Å². The highest BCUT2D eigenvalue weighted by atomic mass is 35.5. The maximum Gasteiger partial charge on any atom is 0.241 e. The number of carbonyl (C=O) groups excluding carboxylic acids is 1. The van der Waals surface area contributed by atoms with E-state index in [1.54, 1.807) is 38.5 Å². The summed E-state index contributed by atoms with van der Waals surface area (Å²) in [6.07, 6.45) is 2.54. The summed E-state index contributed by atoms with van der Waals surface area (Å²) in [4.78, 5) is 11.7. The monoisotopic (exact) mass is 407 g/mol. The lowest BCUT2D eigenvalue weighted by Crippen LogP contribution is -2.25. The maximum absolute atomic E-state index is 11.7. The average Bonchev–Trinajstić information content (AvgIpc) is 2.69. The SMILES string of the molecule is COc1ccc(CCNCCC(=O)NN=Cc2ccccc2O)cc1OC.Cl. The van der Waals surface area contributed by atoms with Crippen molar-refractivity contribution in [3.63, 3.8) is 0 Å². The number of amides is 1. The number of aromatic hydroxyl groups is 1. The number of hydrogen-bond acceptors (Lipinski definition) is 6. The Hall–Kier alpha value is -2.77. The van der Waals surface area contributed by atoms with Gasteiger partial charge in [-0.15, -0.1) is 12.4 Å². The first-order valence-electron chi connectivity index (χ1n) is 8.65. The molecule has 0 atom stereocenters. The van der Waals surface area contributed by atoms with Crippen LogP contribution in [0.5, 0.6) is 17.2 Å². The molecule has 2 aromatic rings. The Kier molecular flexibility index (Phi) is 10.5. The van der Waals surface area contributed by atoms with E-state index in [0.29, 0.717) is 30.0 Å². The Morgan fingerprint density at radius 1 is 1.11 bits per heavy atom. The van der Waals surface area contributed by atoms with Gasteiger partial charge in [0.1, 0.15) is 5.75 Å². The van der Waals surface area contributed by atoms with Crippen LogP contribution in [-0.2, 0) is 11.2 Å². The van der Waals surface area contributed by atoms with E-state index in [0.717, 1.165) is 18.5 Å². The molecule has 28 heavy (non-hydrogen) atoms. The van der Waals surface area contributed by atoms with E-state index in [1.807, 2.05) is 18.2 Å². The number of carbonyl (C=O) groups is 1. The Bertz CT molecular complexity index is 784. The Morgan fingerprint density at radius 3 is 2.57 bits per heavy atom. The molecule has 0 aliphatic heterocycles. The number of nitrogens with zero attached hydrogens (tertiary/aromatic N) is 1. The van der Waals surface area contributed by atoms with Crippen LogP contribution in [0, 0.1) is 0 Å². The fourth-order valence-corrected chi connectivity index (χ4v) is 2.42. The topological polar surface area (TPSA) is 92.2 Å². The molecule has 2 aromatic carbocycles. The molecule has 8 heteroatoms. The molecule has 0 heterocycles. The van der Waals surface area contributed by atoms with Crippen LogP contribution in [-0.4, -0.2) is 44.5 Å². The lowest BCUT2D eigenvalue weighted by molar-refractivity contribution is -0.120. The van der Waals surface area contributed by atoms with Gasteiger partial charge in [0.25, 0.3) is 0 Å². The van der Waals surface area contributed by atoms with E-state index in [2.05, 4.69) is 15.8 Å². The van der Waals surface area contributed by atoms with Gasteiger partial charge in [-0.2, -0.15) is 5.10 Å². The molecule has 0 unspecified atom stereocenters. The van der Waals surface area contributed by atoms with Crippen LogP contribution >= 0.6 is 12.4 Å². The van der Waals surface area contributed by atoms with Crippen molar-refractivity contribution in [3.05, 3.63) is 53.6 Å². The van der Waals surface area contributed by atoms with Gasteiger partial charge in [0.2, 0.25) is 5.91 Å². The first kappa shape index (κ1) is 23.3. The Labute approximate surface area is 171 Å². The molecule has 0 fully saturated rings. The van der Waals surface area contributed by atoms with Crippen molar-refractivity contribution in [2.75, 3.05) is 27.3 Å². The third-order valence-electron chi connectivity index (χ3n) is 3.90. The zero-order valence-electron chi connectivity index (χ0n) is 16.0. The van der Waals surface area contributed by atoms with E-state index >= 15 is 0 Å². The zero-order chi connectivity index (χ0) is 19.5. The molecule has 0 saturated heterocycles. The first-order chi connectivity index (χ1) is 13.1. The molecule has 0 radical (unpaired) electrons. The van der Waals surface area contributed by atoms with Crippen LogP contribution in [0.25, 0.3) is 0 Å². The molecule has 152 valence electrons. The summed E-state index contributed by atoms with van der Waals surface area (Å²) >= 11 is 0. The number of methoxy groups -OCH3 is 2. The normalized spacial score (nSPS) is 10.4. The standard InChI is InChI=1S/C20H25N3O4.ClH/c1-26-18-8-7-15(13-19(18)27-2)9-11-21-12-10-20(25)23-22-14-16-5-3-4-6-17(16)24;/h3-8,13-14,21,24H,9-12H2,1-2H3,(H,23,25);1H. The van der Waals surface area contributed by atoms with Crippen LogP contribution in [0.4, 0.5) is 0 Å². The predicted octanol–water partition coefficient (Wildman–Crippen LogP) is 2.50. The molecule has 1 amide bonds. The highest BCUT2D eigenvalue weighted by Crippen LogP contribution is 2.27. The number of phenols is 1. The zero-order valence-corrected chi connectivity index (χ0v) is 16.8. The van der Waals surface area contributed by atoms with Crippen molar-refractivity contribution in [2.45, 2.75) is 12.8 Å². The van der Waals surface area contributed by atoms with Crippen LogP contribution < -0.4 is 20.2 Å². The molecule has 0 bridgehead atoms. The van der Waals surface area contributed by atoms with Gasteiger partial charge in [-0.1, -0.05) is 18.2 Å². The molecule has 7 nitrogen and oxygen atoms in total. The number of benzene rings is 2. The van der Waals surface area contributed by atoms with Gasteiger partial charge in [0, 0.05) is 18.5 Å². The second-order valence-corrected chi connectivity index (χ2v) is 5.79. The highest BCUT2D eigenvalue weighted by Gasteiger charge is 2.04. The minimum Gasteiger partial charge on any atom is -0.507 e. The van der Waals surface area contributed by atoms with Crippen molar-refractivity contribution >= 4 is 24.5 Å². The number of phenolic OH excluding ortho intramolecular Hbond substituents is 1. The molecular formula is C20H26ClN3O4.